The Morgan fingerprint density at radius 1 is 1.11 bits per heavy atom. The van der Waals surface area contributed by atoms with Crippen molar-refractivity contribution < 1.29 is 4.74 Å². The first-order valence-electron chi connectivity index (χ1n) is 8.29. The second kappa shape index (κ2) is 8.23. The maximum absolute atomic E-state index is 6.09. The van der Waals surface area contributed by atoms with Gasteiger partial charge >= 0.3 is 0 Å². The third kappa shape index (κ3) is 4.73. The first kappa shape index (κ1) is 15.3. The number of hydrogen-bond donors (Lipinski definition) is 1. The van der Waals surface area contributed by atoms with E-state index in [2.05, 4.69) is 11.9 Å². The summed E-state index contributed by atoms with van der Waals surface area (Å²) in [6.07, 6.45) is 11.0. The summed E-state index contributed by atoms with van der Waals surface area (Å²) in [5.74, 6) is 1.54. The molecular formula is C16H32N2O. The normalized spacial score (nSPS) is 28.3. The van der Waals surface area contributed by atoms with Crippen molar-refractivity contribution in [3.8, 4) is 0 Å². The average molecular weight is 268 g/mol. The van der Waals surface area contributed by atoms with Gasteiger partial charge in [-0.3, -0.25) is 0 Å². The molecule has 3 nitrogen and oxygen atoms in total. The van der Waals surface area contributed by atoms with Crippen molar-refractivity contribution in [2.24, 2.45) is 17.6 Å². The highest BCUT2D eigenvalue weighted by molar-refractivity contribution is 4.82. The predicted molar refractivity (Wildman–Crippen MR) is 80.2 cm³/mol. The van der Waals surface area contributed by atoms with Crippen molar-refractivity contribution in [2.75, 3.05) is 33.4 Å². The number of ether oxygens (including phenoxy) is 1. The molecule has 0 aromatic heterocycles. The Labute approximate surface area is 118 Å². The molecule has 112 valence electrons. The third-order valence-electron chi connectivity index (χ3n) is 5.05. The molecule has 1 saturated carbocycles. The van der Waals surface area contributed by atoms with Crippen molar-refractivity contribution in [3.05, 3.63) is 0 Å². The Balaban J connectivity index is 1.83. The molecule has 2 unspecified atom stereocenters. The van der Waals surface area contributed by atoms with Gasteiger partial charge in [-0.15, -0.1) is 0 Å². The van der Waals surface area contributed by atoms with Crippen LogP contribution in [0.1, 0.15) is 51.4 Å². The molecule has 0 aromatic carbocycles. The predicted octanol–water partition coefficient (Wildman–Crippen LogP) is 2.64. The number of rotatable bonds is 5. The summed E-state index contributed by atoms with van der Waals surface area (Å²) in [7, 11) is 2.27. The van der Waals surface area contributed by atoms with Gasteiger partial charge in [-0.2, -0.15) is 0 Å². The van der Waals surface area contributed by atoms with E-state index in [1.807, 2.05) is 0 Å². The van der Waals surface area contributed by atoms with Gasteiger partial charge in [0.05, 0.1) is 6.61 Å². The molecule has 3 heteroatoms. The van der Waals surface area contributed by atoms with Gasteiger partial charge in [-0.1, -0.05) is 25.7 Å². The van der Waals surface area contributed by atoms with Crippen molar-refractivity contribution in [1.29, 1.82) is 0 Å². The van der Waals surface area contributed by atoms with Crippen LogP contribution in [0.2, 0.25) is 0 Å². The van der Waals surface area contributed by atoms with E-state index in [4.69, 9.17) is 10.5 Å². The van der Waals surface area contributed by atoms with Crippen LogP contribution in [0.3, 0.4) is 0 Å². The number of nitrogens with zero attached hydrogens (tertiary/aromatic N) is 1. The first-order valence-corrected chi connectivity index (χ1v) is 8.29. The van der Waals surface area contributed by atoms with Crippen LogP contribution in [0.4, 0.5) is 0 Å². The lowest BCUT2D eigenvalue weighted by Crippen LogP contribution is -2.46. The monoisotopic (exact) mass is 268 g/mol. The highest BCUT2D eigenvalue weighted by Gasteiger charge is 2.27. The van der Waals surface area contributed by atoms with Gasteiger partial charge in [0.1, 0.15) is 0 Å². The SMILES string of the molecule is CN(CC1CCCOC1)C(CN)C1CCCCCC1. The minimum Gasteiger partial charge on any atom is -0.381 e. The minimum absolute atomic E-state index is 0.583. The van der Waals surface area contributed by atoms with E-state index in [9.17, 15) is 0 Å². The Kier molecular flexibility index (Phi) is 6.62. The topological polar surface area (TPSA) is 38.5 Å². The quantitative estimate of drug-likeness (QED) is 0.779. The largest absolute Gasteiger partial charge is 0.381 e. The van der Waals surface area contributed by atoms with E-state index >= 15 is 0 Å². The van der Waals surface area contributed by atoms with Crippen LogP contribution in [0.25, 0.3) is 0 Å². The second-order valence-corrected chi connectivity index (χ2v) is 6.58. The molecule has 2 atom stereocenters. The number of hydrogen-bond acceptors (Lipinski definition) is 3. The fourth-order valence-electron chi connectivity index (χ4n) is 3.92. The fourth-order valence-corrected chi connectivity index (χ4v) is 3.92. The van der Waals surface area contributed by atoms with Gasteiger partial charge in [-0.25, -0.2) is 0 Å². The second-order valence-electron chi connectivity index (χ2n) is 6.58. The van der Waals surface area contributed by atoms with Crippen molar-refractivity contribution in [2.45, 2.75) is 57.4 Å². The summed E-state index contributed by atoms with van der Waals surface area (Å²) in [4.78, 5) is 2.54. The van der Waals surface area contributed by atoms with Crippen LogP contribution >= 0.6 is 0 Å². The van der Waals surface area contributed by atoms with E-state index in [1.165, 1.54) is 57.9 Å². The molecule has 1 aliphatic carbocycles. The summed E-state index contributed by atoms with van der Waals surface area (Å²) in [5, 5.41) is 0. The van der Waals surface area contributed by atoms with Crippen LogP contribution < -0.4 is 5.73 Å². The van der Waals surface area contributed by atoms with Crippen LogP contribution in [0.5, 0.6) is 0 Å². The molecule has 0 bridgehead atoms. The molecule has 0 radical (unpaired) electrons. The summed E-state index contributed by atoms with van der Waals surface area (Å²) >= 11 is 0. The van der Waals surface area contributed by atoms with Gasteiger partial charge in [0.25, 0.3) is 0 Å². The Morgan fingerprint density at radius 2 is 1.84 bits per heavy atom. The van der Waals surface area contributed by atoms with Crippen molar-refractivity contribution in [1.82, 2.24) is 4.90 Å². The van der Waals surface area contributed by atoms with E-state index in [0.717, 1.165) is 31.6 Å². The van der Waals surface area contributed by atoms with Gasteiger partial charge in [-0.05, 0) is 44.6 Å². The lowest BCUT2D eigenvalue weighted by molar-refractivity contribution is 0.0308. The van der Waals surface area contributed by atoms with Crippen LogP contribution in [0, 0.1) is 11.8 Å². The average Bonchev–Trinajstić information content (AvgIpc) is 2.70. The highest BCUT2D eigenvalue weighted by Crippen LogP contribution is 2.28. The lowest BCUT2D eigenvalue weighted by atomic mass is 9.90. The lowest BCUT2D eigenvalue weighted by Gasteiger charge is -2.36. The Hall–Kier alpha value is -0.120. The zero-order valence-corrected chi connectivity index (χ0v) is 12.7. The smallest absolute Gasteiger partial charge is 0.0506 e. The van der Waals surface area contributed by atoms with Gasteiger partial charge in [0.2, 0.25) is 0 Å². The van der Waals surface area contributed by atoms with Gasteiger partial charge in [0.15, 0.2) is 0 Å². The van der Waals surface area contributed by atoms with Crippen LogP contribution in [-0.2, 0) is 4.74 Å². The molecule has 2 rings (SSSR count). The molecule has 0 spiro atoms. The molecule has 1 saturated heterocycles. The van der Waals surface area contributed by atoms with Gasteiger partial charge in [0, 0.05) is 25.7 Å². The van der Waals surface area contributed by atoms with E-state index in [1.54, 1.807) is 0 Å². The molecule has 2 fully saturated rings. The zero-order chi connectivity index (χ0) is 13.5. The summed E-state index contributed by atoms with van der Waals surface area (Å²) in [6.45, 7) is 3.89. The molecule has 2 aliphatic rings. The summed E-state index contributed by atoms with van der Waals surface area (Å²) in [6, 6.07) is 0.583. The highest BCUT2D eigenvalue weighted by atomic mass is 16.5. The zero-order valence-electron chi connectivity index (χ0n) is 12.7. The van der Waals surface area contributed by atoms with E-state index in [-0.39, 0.29) is 0 Å². The Morgan fingerprint density at radius 3 is 2.42 bits per heavy atom. The molecule has 1 heterocycles. The molecule has 2 N–H and O–H groups in total. The minimum atomic E-state index is 0.583. The molecule has 1 aliphatic heterocycles. The van der Waals surface area contributed by atoms with Crippen LogP contribution in [0.15, 0.2) is 0 Å². The first-order chi connectivity index (χ1) is 9.31. The maximum atomic E-state index is 6.09. The van der Waals surface area contributed by atoms with E-state index < -0.39 is 0 Å². The van der Waals surface area contributed by atoms with Crippen molar-refractivity contribution in [3.63, 3.8) is 0 Å². The molecule has 0 aromatic rings. The summed E-state index contributed by atoms with van der Waals surface area (Å²) < 4.78 is 5.60. The number of likely N-dealkylation sites (N-methyl/N-ethyl adjacent to an activating group) is 1. The van der Waals surface area contributed by atoms with Crippen molar-refractivity contribution >= 4 is 0 Å². The van der Waals surface area contributed by atoms with Crippen LogP contribution in [-0.4, -0.2) is 44.3 Å². The summed E-state index contributed by atoms with van der Waals surface area (Å²) in [5.41, 5.74) is 6.09. The van der Waals surface area contributed by atoms with Gasteiger partial charge < -0.3 is 15.4 Å². The standard InChI is InChI=1S/C16H32N2O/c1-18(12-14-7-6-10-19-13-14)16(11-17)15-8-4-2-3-5-9-15/h14-16H,2-13,17H2,1H3. The fraction of sp³-hybridized carbons (Fsp3) is 1.00. The maximum Gasteiger partial charge on any atom is 0.0506 e. The molecular weight excluding hydrogens is 236 g/mol. The Bertz CT molecular complexity index is 233. The number of nitrogens with two attached hydrogens (primary N) is 1. The molecule has 0 amide bonds. The third-order valence-corrected chi connectivity index (χ3v) is 5.05. The molecule has 19 heavy (non-hydrogen) atoms. The van der Waals surface area contributed by atoms with E-state index in [0.29, 0.717) is 6.04 Å².